The van der Waals surface area contributed by atoms with Crippen LogP contribution in [0.15, 0.2) is 23.1 Å². The van der Waals surface area contributed by atoms with Gasteiger partial charge in [-0.05, 0) is 44.7 Å². The number of carbonyl (C=O) groups is 1. The Bertz CT molecular complexity index is 859. The number of sulfonamides is 1. The molecule has 1 aromatic carbocycles. The van der Waals surface area contributed by atoms with Crippen molar-refractivity contribution in [2.45, 2.75) is 43.9 Å². The molecular weight excluding hydrogens is 398 g/mol. The number of benzene rings is 1. The van der Waals surface area contributed by atoms with Gasteiger partial charge in [0, 0.05) is 32.2 Å². The van der Waals surface area contributed by atoms with E-state index >= 15 is 0 Å². The predicted octanol–water partition coefficient (Wildman–Crippen LogP) is 2.55. The van der Waals surface area contributed by atoms with Crippen molar-refractivity contribution in [1.82, 2.24) is 4.31 Å². The lowest BCUT2D eigenvalue weighted by Crippen LogP contribution is -2.37. The van der Waals surface area contributed by atoms with E-state index in [1.165, 1.54) is 16.4 Å². The maximum absolute atomic E-state index is 12.9. The number of hydrogen-bond acceptors (Lipinski definition) is 7. The first-order chi connectivity index (χ1) is 13.8. The van der Waals surface area contributed by atoms with Gasteiger partial charge in [0.25, 0.3) is 5.69 Å². The first kappa shape index (κ1) is 21.5. The fourth-order valence-electron chi connectivity index (χ4n) is 3.95. The predicted molar refractivity (Wildman–Crippen MR) is 107 cm³/mol. The van der Waals surface area contributed by atoms with Gasteiger partial charge in [-0.1, -0.05) is 6.42 Å². The van der Waals surface area contributed by atoms with Crippen molar-refractivity contribution in [3.05, 3.63) is 28.3 Å². The highest BCUT2D eigenvalue weighted by molar-refractivity contribution is 7.89. The molecule has 2 fully saturated rings. The Hall–Kier alpha value is -2.20. The molecule has 0 saturated carbocycles. The van der Waals surface area contributed by atoms with E-state index < -0.39 is 14.9 Å². The van der Waals surface area contributed by atoms with Crippen LogP contribution in [0.1, 0.15) is 39.0 Å². The molecule has 2 aliphatic heterocycles. The summed E-state index contributed by atoms with van der Waals surface area (Å²) in [5.74, 6) is -0.436. The lowest BCUT2D eigenvalue weighted by atomic mass is 9.96. The number of rotatable bonds is 6. The van der Waals surface area contributed by atoms with E-state index in [1.807, 2.05) is 4.90 Å². The number of esters is 1. The molecule has 2 saturated heterocycles. The summed E-state index contributed by atoms with van der Waals surface area (Å²) in [6, 6.07) is 4.13. The Kier molecular flexibility index (Phi) is 6.74. The fourth-order valence-corrected chi connectivity index (χ4v) is 5.49. The minimum atomic E-state index is -3.74. The SMILES string of the molecule is CCOC(=O)C1CCN(c2ccc(S(=O)(=O)N3CCCCC3)cc2[N+](=O)[O-])CC1. The van der Waals surface area contributed by atoms with Crippen LogP contribution in [-0.2, 0) is 19.6 Å². The monoisotopic (exact) mass is 425 g/mol. The van der Waals surface area contributed by atoms with Gasteiger partial charge in [0.2, 0.25) is 10.0 Å². The van der Waals surface area contributed by atoms with E-state index in [2.05, 4.69) is 0 Å². The third kappa shape index (κ3) is 4.69. The number of anilines is 1. The molecule has 0 aliphatic carbocycles. The van der Waals surface area contributed by atoms with Crippen molar-refractivity contribution in [2.24, 2.45) is 5.92 Å². The van der Waals surface area contributed by atoms with Crippen molar-refractivity contribution in [3.8, 4) is 0 Å². The number of carbonyl (C=O) groups excluding carboxylic acids is 1. The third-order valence-corrected chi connectivity index (χ3v) is 7.45. The van der Waals surface area contributed by atoms with Crippen LogP contribution in [0.4, 0.5) is 11.4 Å². The van der Waals surface area contributed by atoms with Gasteiger partial charge in [-0.25, -0.2) is 8.42 Å². The van der Waals surface area contributed by atoms with Gasteiger partial charge in [0.1, 0.15) is 5.69 Å². The van der Waals surface area contributed by atoms with Crippen LogP contribution in [0.2, 0.25) is 0 Å². The quantitative estimate of drug-likeness (QED) is 0.391. The number of piperidine rings is 2. The zero-order valence-corrected chi connectivity index (χ0v) is 17.4. The molecular formula is C19H27N3O6S. The number of hydrogen-bond donors (Lipinski definition) is 0. The maximum atomic E-state index is 12.9. The highest BCUT2D eigenvalue weighted by Crippen LogP contribution is 2.34. The van der Waals surface area contributed by atoms with Crippen LogP contribution in [-0.4, -0.2) is 56.4 Å². The Balaban J connectivity index is 1.81. The van der Waals surface area contributed by atoms with Crippen LogP contribution in [0.3, 0.4) is 0 Å². The summed E-state index contributed by atoms with van der Waals surface area (Å²) in [6.45, 7) is 3.93. The van der Waals surface area contributed by atoms with Gasteiger partial charge in [0.05, 0.1) is 22.3 Å². The van der Waals surface area contributed by atoms with Crippen LogP contribution < -0.4 is 4.90 Å². The largest absolute Gasteiger partial charge is 0.466 e. The van der Waals surface area contributed by atoms with Gasteiger partial charge in [-0.2, -0.15) is 4.31 Å². The minimum absolute atomic E-state index is 0.0451. The van der Waals surface area contributed by atoms with Crippen molar-refractivity contribution >= 4 is 27.4 Å². The van der Waals surface area contributed by atoms with E-state index in [4.69, 9.17) is 4.74 Å². The molecule has 29 heavy (non-hydrogen) atoms. The summed E-state index contributed by atoms with van der Waals surface area (Å²) >= 11 is 0. The molecule has 2 aliphatic rings. The topological polar surface area (TPSA) is 110 Å². The van der Waals surface area contributed by atoms with Gasteiger partial charge in [-0.15, -0.1) is 0 Å². The second-order valence-electron chi connectivity index (χ2n) is 7.39. The van der Waals surface area contributed by atoms with E-state index in [1.54, 1.807) is 6.92 Å². The summed E-state index contributed by atoms with van der Waals surface area (Å²) in [5.41, 5.74) is 0.160. The molecule has 0 amide bonds. The zero-order valence-electron chi connectivity index (χ0n) is 16.6. The first-order valence-corrected chi connectivity index (χ1v) is 11.5. The Morgan fingerprint density at radius 3 is 2.41 bits per heavy atom. The molecule has 3 rings (SSSR count). The van der Waals surface area contributed by atoms with Gasteiger partial charge >= 0.3 is 5.97 Å². The summed E-state index contributed by atoms with van der Waals surface area (Å²) in [5, 5.41) is 11.7. The molecule has 0 bridgehead atoms. The average Bonchev–Trinajstić information content (AvgIpc) is 2.74. The van der Waals surface area contributed by atoms with Crippen LogP contribution in [0.25, 0.3) is 0 Å². The highest BCUT2D eigenvalue weighted by Gasteiger charge is 2.32. The normalized spacial score (nSPS) is 19.1. The highest BCUT2D eigenvalue weighted by atomic mass is 32.2. The number of nitro groups is 1. The number of ether oxygens (including phenoxy) is 1. The molecule has 10 heteroatoms. The molecule has 0 aromatic heterocycles. The molecule has 9 nitrogen and oxygen atoms in total. The molecule has 2 heterocycles. The molecule has 1 aromatic rings. The number of nitrogens with zero attached hydrogens (tertiary/aromatic N) is 3. The van der Waals surface area contributed by atoms with Crippen molar-refractivity contribution in [2.75, 3.05) is 37.7 Å². The molecule has 0 N–H and O–H groups in total. The second kappa shape index (κ2) is 9.08. The number of nitro benzene ring substituents is 1. The van der Waals surface area contributed by atoms with Gasteiger partial charge < -0.3 is 9.64 Å². The van der Waals surface area contributed by atoms with Crippen molar-refractivity contribution < 1.29 is 22.9 Å². The molecule has 0 unspecified atom stereocenters. The van der Waals surface area contributed by atoms with Crippen LogP contribution >= 0.6 is 0 Å². The summed E-state index contributed by atoms with van der Waals surface area (Å²) < 4.78 is 32.2. The average molecular weight is 426 g/mol. The molecule has 0 spiro atoms. The van der Waals surface area contributed by atoms with E-state index in [9.17, 15) is 23.3 Å². The first-order valence-electron chi connectivity index (χ1n) is 10.0. The second-order valence-corrected chi connectivity index (χ2v) is 9.32. The summed E-state index contributed by atoms with van der Waals surface area (Å²) in [6.07, 6.45) is 3.68. The lowest BCUT2D eigenvalue weighted by Gasteiger charge is -2.32. The van der Waals surface area contributed by atoms with E-state index in [0.717, 1.165) is 25.3 Å². The Morgan fingerprint density at radius 1 is 1.17 bits per heavy atom. The summed E-state index contributed by atoms with van der Waals surface area (Å²) in [7, 11) is -3.74. The Labute approximate surface area is 170 Å². The van der Waals surface area contributed by atoms with Gasteiger partial charge in [0.15, 0.2) is 0 Å². The fraction of sp³-hybridized carbons (Fsp3) is 0.632. The smallest absolute Gasteiger partial charge is 0.309 e. The molecule has 160 valence electrons. The van der Waals surface area contributed by atoms with Crippen LogP contribution in [0, 0.1) is 16.0 Å². The maximum Gasteiger partial charge on any atom is 0.309 e. The lowest BCUT2D eigenvalue weighted by molar-refractivity contribution is -0.384. The minimum Gasteiger partial charge on any atom is -0.466 e. The van der Waals surface area contributed by atoms with E-state index in [-0.39, 0.29) is 22.5 Å². The van der Waals surface area contributed by atoms with E-state index in [0.29, 0.717) is 51.3 Å². The standard InChI is InChI=1S/C19H27N3O6S/c1-2-28-19(23)15-8-12-20(13-9-15)17-7-6-16(14-18(17)22(24)25)29(26,27)21-10-4-3-5-11-21/h6-7,14-15H,2-5,8-13H2,1H3. The van der Waals surface area contributed by atoms with Gasteiger partial charge in [-0.3, -0.25) is 14.9 Å². The van der Waals surface area contributed by atoms with Crippen LogP contribution in [0.5, 0.6) is 0 Å². The zero-order chi connectivity index (χ0) is 21.0. The molecule has 0 atom stereocenters. The van der Waals surface area contributed by atoms with Crippen molar-refractivity contribution in [3.63, 3.8) is 0 Å². The summed E-state index contributed by atoms with van der Waals surface area (Å²) in [4.78, 5) is 24.8. The molecule has 0 radical (unpaired) electrons. The van der Waals surface area contributed by atoms with Crippen molar-refractivity contribution in [1.29, 1.82) is 0 Å². The third-order valence-electron chi connectivity index (χ3n) is 5.55. The Morgan fingerprint density at radius 2 is 1.83 bits per heavy atom.